The van der Waals surface area contributed by atoms with Crippen molar-refractivity contribution in [3.8, 4) is 23.0 Å². The number of carboxylic acid groups (broad SMARTS) is 4. The van der Waals surface area contributed by atoms with Crippen LogP contribution in [0.4, 0.5) is 101 Å². The summed E-state index contributed by atoms with van der Waals surface area (Å²) >= 11 is 0. The minimum absolute atomic E-state index is 0.0212. The van der Waals surface area contributed by atoms with E-state index in [2.05, 4.69) is 0 Å². The molecule has 4 rings (SSSR count). The number of ether oxygens (including phenoxy) is 4. The molecule has 0 amide bonds. The first-order valence-corrected chi connectivity index (χ1v) is 39.7. The fraction of sp³-hybridized carbons (Fsp3) is 0.441. The topological polar surface area (TPSA) is 186 Å². The second-order valence-corrected chi connectivity index (χ2v) is 30.5. The molecule has 0 saturated heterocycles. The van der Waals surface area contributed by atoms with Gasteiger partial charge >= 0.3 is 78.4 Å². The van der Waals surface area contributed by atoms with Gasteiger partial charge in [0.2, 0.25) is 0 Å². The van der Waals surface area contributed by atoms with Crippen LogP contribution >= 0.6 is 0 Å². The molecule has 0 radical (unpaired) electrons. The second-order valence-electron chi connectivity index (χ2n) is 30.5. The molecule has 0 aliphatic rings. The van der Waals surface area contributed by atoms with Crippen LogP contribution < -0.4 is 18.9 Å². The summed E-state index contributed by atoms with van der Waals surface area (Å²) in [6.45, 7) is 31.2. The van der Waals surface area contributed by atoms with Crippen molar-refractivity contribution >= 4 is 46.2 Å². The Hall–Kier alpha value is -10.8. The largest absolute Gasteiger partial charge is 0.493 e. The van der Waals surface area contributed by atoms with Crippen molar-refractivity contribution in [1.82, 2.24) is 0 Å². The van der Waals surface area contributed by atoms with E-state index in [1.54, 1.807) is 90.0 Å². The molecule has 4 aromatic rings. The third kappa shape index (κ3) is 35.7. The molecule has 0 heterocycles. The predicted molar refractivity (Wildman–Crippen MR) is 447 cm³/mol. The highest BCUT2D eigenvalue weighted by atomic mass is 19.4. The van der Waals surface area contributed by atoms with Crippen LogP contribution in [0.15, 0.2) is 168 Å². The van der Waals surface area contributed by atoms with E-state index in [4.69, 9.17) is 39.4 Å². The number of carboxylic acids is 4. The first-order valence-electron chi connectivity index (χ1n) is 39.7. The van der Waals surface area contributed by atoms with Gasteiger partial charge in [-0.15, -0.1) is 0 Å². The number of hydrogen-bond acceptors (Lipinski definition) is 8. The van der Waals surface area contributed by atoms with Gasteiger partial charge in [-0.05, 0) is 221 Å². The zero-order valence-corrected chi connectivity index (χ0v) is 73.8. The van der Waals surface area contributed by atoms with E-state index in [9.17, 15) is 120 Å². The number of benzene rings is 4. The molecule has 0 fully saturated rings. The van der Waals surface area contributed by atoms with Gasteiger partial charge in [0, 0.05) is 75.2 Å². The van der Waals surface area contributed by atoms with Crippen molar-refractivity contribution in [1.29, 1.82) is 0 Å². The lowest BCUT2D eigenvalue weighted by Crippen LogP contribution is -2.34. The quantitative estimate of drug-likeness (QED) is 0.0145. The first kappa shape index (κ1) is 115. The highest BCUT2D eigenvalue weighted by Crippen LogP contribution is 2.53. The Kier molecular flexibility index (Phi) is 44.7. The molecule has 0 atom stereocenters. The molecule has 0 aromatic heterocycles. The number of rotatable bonds is 37. The normalized spacial score (nSPS) is 14.0. The average molecular weight is 1850 g/mol. The van der Waals surface area contributed by atoms with Crippen molar-refractivity contribution in [3.63, 3.8) is 0 Å². The highest BCUT2D eigenvalue weighted by Gasteiger charge is 2.62. The van der Waals surface area contributed by atoms with Crippen molar-refractivity contribution < 1.29 is 160 Å². The molecular weight excluding hydrogens is 1750 g/mol. The summed E-state index contributed by atoms with van der Waals surface area (Å²) in [6, 6.07) is 6.26. The predicted octanol–water partition coefficient (Wildman–Crippen LogP) is 29.9. The maximum absolute atomic E-state index is 14.2. The zero-order chi connectivity index (χ0) is 99.1. The summed E-state index contributed by atoms with van der Waals surface area (Å²) in [4.78, 5) is 42.7. The standard InChI is InChI=1S/C24H26F8O3.C24H29F5O3.C23H27F5O3.C22H25F5O3/c1-14(2)18-12-17(23(28,29)24(30,31)32)13-19(21(18)35-10-6-9-22(25,26)27)16(4)8-5-7-15(3)11-20(33)34;1-6-7-11-32-22-19(15(2)3)13-18(23(25,26)24(27,28)29)14-20(22)17(5)10-8-9-16(4)12-21(30)31;1-6-10-31-21-18(14(2)3)12-17(22(24,25)23(26,27)28)13-19(21)16(5)9-7-8-15(4)11-20(29)30;1-6-30-20-17(13(2)3)11-16(21(23,24)22(25,26)27)12-18(20)15(5)9-7-8-14(4)10-19(28)29/h5,7-8,11-14H,6,9-10H2,1-4H3,(H,33,34);8-10,12-15H,6-7,11H2,1-5H3,(H,30,31);7-9,11-14H,6,10H2,1-5H3,(H,29,30);7-13H,6H2,1-5H3,(H,28,29)/b7-5+,15-11+,16-8-;9-8+,16-12+,17-10-;8-7+,15-11+,16-9-;8-7+,14-10+,15-9-. The Balaban J connectivity index is 0.000000855. The van der Waals surface area contributed by atoms with Crippen LogP contribution in [0.5, 0.6) is 23.0 Å². The van der Waals surface area contributed by atoms with Crippen molar-refractivity contribution in [2.24, 2.45) is 0 Å². The number of hydrogen-bond donors (Lipinski definition) is 4. The summed E-state index contributed by atoms with van der Waals surface area (Å²) in [5, 5.41) is 35.0. The van der Waals surface area contributed by atoms with E-state index in [1.165, 1.54) is 101 Å². The van der Waals surface area contributed by atoms with Crippen LogP contribution in [0.1, 0.15) is 254 Å². The van der Waals surface area contributed by atoms with Gasteiger partial charge in [-0.25, -0.2) is 19.2 Å². The van der Waals surface area contributed by atoms with Crippen LogP contribution in [0.2, 0.25) is 0 Å². The summed E-state index contributed by atoms with van der Waals surface area (Å²) in [5.41, 5.74) is -0.841. The number of halogens is 23. The zero-order valence-electron chi connectivity index (χ0n) is 73.8. The summed E-state index contributed by atoms with van der Waals surface area (Å²) in [5.74, 6) is -25.8. The van der Waals surface area contributed by atoms with Gasteiger partial charge < -0.3 is 39.4 Å². The van der Waals surface area contributed by atoms with E-state index in [1.807, 2.05) is 13.8 Å². The molecule has 0 bridgehead atoms. The Labute approximate surface area is 729 Å². The number of unbranched alkanes of at least 4 members (excludes halogenated alkanes) is 1. The third-order valence-corrected chi connectivity index (χ3v) is 18.1. The van der Waals surface area contributed by atoms with Crippen molar-refractivity contribution in [2.75, 3.05) is 26.4 Å². The summed E-state index contributed by atoms with van der Waals surface area (Å²) in [7, 11) is 0. The molecular formula is C93H107F23O12. The first-order chi connectivity index (χ1) is 58.5. The molecule has 4 aromatic carbocycles. The van der Waals surface area contributed by atoms with Gasteiger partial charge in [-0.2, -0.15) is 101 Å². The van der Waals surface area contributed by atoms with Gasteiger partial charge in [0.15, 0.2) is 0 Å². The Morgan fingerprint density at radius 2 is 0.523 bits per heavy atom. The smallest absolute Gasteiger partial charge is 0.458 e. The number of alkyl halides is 23. The molecule has 35 heteroatoms. The molecule has 0 saturated carbocycles. The summed E-state index contributed by atoms with van der Waals surface area (Å²) < 4.78 is 330. The second kappa shape index (κ2) is 49.7. The Morgan fingerprint density at radius 3 is 0.703 bits per heavy atom. The van der Waals surface area contributed by atoms with Crippen LogP contribution in [-0.2, 0) is 42.9 Å². The minimum atomic E-state index is -5.87. The van der Waals surface area contributed by atoms with Crippen LogP contribution in [-0.4, -0.2) is 102 Å². The van der Waals surface area contributed by atoms with Crippen molar-refractivity contribution in [3.05, 3.63) is 235 Å². The lowest BCUT2D eigenvalue weighted by atomic mass is 9.91. The van der Waals surface area contributed by atoms with E-state index in [0.29, 0.717) is 70.6 Å². The molecule has 12 nitrogen and oxygen atoms in total. The van der Waals surface area contributed by atoms with E-state index < -0.39 is 126 Å². The SMILES string of the molecule is C/C(=C/C=C/C(C)=C/C(=O)O)c1cc(C(F)(F)C(F)(F)F)cc(C(C)C)c1OCCCC(F)(F)F.CCCCOc1c(\C(C)=C/C=C/C(C)=C/C(=O)O)cc(C(F)(F)C(F)(F)F)cc1C(C)C.CCCOc1c(\C(C)=C/C=C/C(C)=C/C(=O)O)cc(C(F)(F)C(F)(F)F)cc1C(C)C.CCOc1c(\C(C)=C/C=C/C(C)=C/C(=O)O)cc(C(F)(F)C(F)(F)F)cc1C(C)C. The molecule has 0 aliphatic carbocycles. The lowest BCUT2D eigenvalue weighted by Gasteiger charge is -2.25. The minimum Gasteiger partial charge on any atom is -0.493 e. The molecule has 0 unspecified atom stereocenters. The van der Waals surface area contributed by atoms with E-state index in [-0.39, 0.29) is 104 Å². The molecule has 4 N–H and O–H groups in total. The maximum atomic E-state index is 14.2. The summed E-state index contributed by atoms with van der Waals surface area (Å²) in [6.07, 6.45) is -5.57. The monoisotopic (exact) mass is 1850 g/mol. The van der Waals surface area contributed by atoms with E-state index in [0.717, 1.165) is 67.1 Å². The fourth-order valence-corrected chi connectivity index (χ4v) is 11.3. The highest BCUT2D eigenvalue weighted by molar-refractivity contribution is 5.83. The number of carbonyl (C=O) groups is 4. The van der Waals surface area contributed by atoms with Gasteiger partial charge in [-0.1, -0.05) is 149 Å². The van der Waals surface area contributed by atoms with Crippen LogP contribution in [0.3, 0.4) is 0 Å². The molecule has 0 spiro atoms. The van der Waals surface area contributed by atoms with Gasteiger partial charge in [-0.3, -0.25) is 0 Å². The Bertz CT molecular complexity index is 4810. The molecule has 0 aliphatic heterocycles. The molecule has 712 valence electrons. The average Bonchev–Trinajstić information content (AvgIpc) is 0.780. The molecule has 128 heavy (non-hydrogen) atoms. The van der Waals surface area contributed by atoms with Gasteiger partial charge in [0.05, 0.1) is 26.4 Å². The van der Waals surface area contributed by atoms with Gasteiger partial charge in [0.25, 0.3) is 0 Å². The van der Waals surface area contributed by atoms with Gasteiger partial charge in [0.1, 0.15) is 23.0 Å². The Morgan fingerprint density at radius 1 is 0.312 bits per heavy atom. The number of allylic oxidation sites excluding steroid dienone is 20. The number of aliphatic carboxylic acids is 4. The van der Waals surface area contributed by atoms with Crippen molar-refractivity contribution in [2.45, 2.75) is 242 Å². The third-order valence-electron chi connectivity index (χ3n) is 18.1. The maximum Gasteiger partial charge on any atom is 0.458 e. The van der Waals surface area contributed by atoms with Crippen LogP contribution in [0, 0.1) is 0 Å². The van der Waals surface area contributed by atoms with Crippen LogP contribution in [0.25, 0.3) is 22.3 Å². The van der Waals surface area contributed by atoms with E-state index >= 15 is 0 Å². The fourth-order valence-electron chi connectivity index (χ4n) is 11.3. The lowest BCUT2D eigenvalue weighted by molar-refractivity contribution is -0.289.